The lowest BCUT2D eigenvalue weighted by molar-refractivity contribution is -0.205. The summed E-state index contributed by atoms with van der Waals surface area (Å²) in [7, 11) is 1.03. The fourth-order valence-electron chi connectivity index (χ4n) is 1.26. The lowest BCUT2D eigenvalue weighted by atomic mass is 10.3. The van der Waals surface area contributed by atoms with E-state index in [0.29, 0.717) is 4.90 Å². The molecular weight excluding hydrogens is 304 g/mol. The number of nitrogens with one attached hydrogen (secondary N) is 1. The number of aliphatic hydroxyl groups excluding tert-OH is 1. The van der Waals surface area contributed by atoms with Crippen molar-refractivity contribution < 1.29 is 27.5 Å². The van der Waals surface area contributed by atoms with Crippen LogP contribution < -0.4 is 5.32 Å². The van der Waals surface area contributed by atoms with Crippen LogP contribution in [-0.4, -0.2) is 41.9 Å². The predicted molar refractivity (Wildman–Crippen MR) is 65.1 cm³/mol. The van der Waals surface area contributed by atoms with Crippen LogP contribution in [0.15, 0.2) is 18.2 Å². The third-order valence-electron chi connectivity index (χ3n) is 2.36. The minimum atomic E-state index is -4.84. The first-order valence-corrected chi connectivity index (χ1v) is 5.71. The number of aliphatic hydroxyl groups is 1. The molecule has 1 atom stereocenters. The van der Waals surface area contributed by atoms with Crippen LogP contribution in [0.5, 0.6) is 0 Å². The molecule has 0 aliphatic heterocycles. The van der Waals surface area contributed by atoms with Crippen molar-refractivity contribution in [3.63, 3.8) is 0 Å². The quantitative estimate of drug-likeness (QED) is 0.843. The Morgan fingerprint density at radius 1 is 1.50 bits per heavy atom. The summed E-state index contributed by atoms with van der Waals surface area (Å²) < 4.78 is 49.9. The third kappa shape index (κ3) is 4.24. The van der Waals surface area contributed by atoms with Gasteiger partial charge in [0.15, 0.2) is 11.9 Å². The number of halogens is 5. The maximum Gasteiger partial charge on any atom is 0.416 e. The van der Waals surface area contributed by atoms with E-state index in [-0.39, 0.29) is 10.7 Å². The van der Waals surface area contributed by atoms with Crippen LogP contribution in [0.2, 0.25) is 5.02 Å². The normalized spacial score (nSPS) is 12.9. The van der Waals surface area contributed by atoms with Crippen molar-refractivity contribution in [1.82, 2.24) is 4.90 Å². The lowest BCUT2D eigenvalue weighted by Crippen LogP contribution is -2.43. The third-order valence-corrected chi connectivity index (χ3v) is 2.66. The van der Waals surface area contributed by atoms with Gasteiger partial charge in [0.2, 0.25) is 0 Å². The number of nitrogens with zero attached hydrogens (tertiary/aromatic N) is 1. The molecule has 0 fully saturated rings. The molecule has 4 nitrogen and oxygen atoms in total. The van der Waals surface area contributed by atoms with Gasteiger partial charge >= 0.3 is 12.2 Å². The van der Waals surface area contributed by atoms with Crippen molar-refractivity contribution in [3.8, 4) is 0 Å². The summed E-state index contributed by atoms with van der Waals surface area (Å²) >= 11 is 5.49. The number of amides is 2. The predicted octanol–water partition coefficient (Wildman–Crippen LogP) is 2.87. The number of anilines is 1. The highest BCUT2D eigenvalue weighted by molar-refractivity contribution is 6.31. The fourth-order valence-corrected chi connectivity index (χ4v) is 1.43. The summed E-state index contributed by atoms with van der Waals surface area (Å²) in [5, 5.41) is 10.6. The number of rotatable bonds is 3. The van der Waals surface area contributed by atoms with Gasteiger partial charge in [-0.2, -0.15) is 13.2 Å². The Balaban J connectivity index is 2.69. The van der Waals surface area contributed by atoms with Crippen LogP contribution in [-0.2, 0) is 0 Å². The molecule has 0 aromatic heterocycles. The zero-order chi connectivity index (χ0) is 15.5. The van der Waals surface area contributed by atoms with Crippen LogP contribution in [0.3, 0.4) is 0 Å². The molecule has 2 N–H and O–H groups in total. The Kier molecular flexibility index (Phi) is 5.18. The molecule has 0 spiro atoms. The minimum absolute atomic E-state index is 0.235. The zero-order valence-electron chi connectivity index (χ0n) is 10.2. The first-order valence-electron chi connectivity index (χ1n) is 5.34. The fraction of sp³-hybridized carbons (Fsp3) is 0.364. The SMILES string of the molecule is CN(CC(O)C(F)(F)F)C(=O)Nc1cccc(Cl)c1F. The van der Waals surface area contributed by atoms with Crippen LogP contribution in [0.1, 0.15) is 0 Å². The molecule has 1 aromatic rings. The van der Waals surface area contributed by atoms with Gasteiger partial charge in [0.1, 0.15) is 0 Å². The molecule has 0 heterocycles. The second-order valence-electron chi connectivity index (χ2n) is 3.97. The molecule has 0 aliphatic rings. The minimum Gasteiger partial charge on any atom is -0.382 e. The molecule has 0 saturated heterocycles. The number of hydrogen-bond acceptors (Lipinski definition) is 2. The molecule has 9 heteroatoms. The van der Waals surface area contributed by atoms with Crippen molar-refractivity contribution in [1.29, 1.82) is 0 Å². The van der Waals surface area contributed by atoms with Crippen LogP contribution in [0, 0.1) is 5.82 Å². The smallest absolute Gasteiger partial charge is 0.382 e. The number of carbonyl (C=O) groups excluding carboxylic acids is 1. The van der Waals surface area contributed by atoms with E-state index in [1.165, 1.54) is 18.2 Å². The van der Waals surface area contributed by atoms with E-state index in [4.69, 9.17) is 16.7 Å². The Hall–Kier alpha value is -1.54. The highest BCUT2D eigenvalue weighted by Gasteiger charge is 2.39. The second-order valence-corrected chi connectivity index (χ2v) is 4.38. The Labute approximate surface area is 116 Å². The summed E-state index contributed by atoms with van der Waals surface area (Å²) in [4.78, 5) is 12.1. The highest BCUT2D eigenvalue weighted by Crippen LogP contribution is 2.23. The molecule has 0 radical (unpaired) electrons. The van der Waals surface area contributed by atoms with E-state index >= 15 is 0 Å². The molecule has 1 rings (SSSR count). The maximum atomic E-state index is 13.5. The number of urea groups is 1. The highest BCUT2D eigenvalue weighted by atomic mass is 35.5. The van der Waals surface area contributed by atoms with Crippen LogP contribution >= 0.6 is 11.6 Å². The second kappa shape index (κ2) is 6.27. The molecule has 2 amide bonds. The van der Waals surface area contributed by atoms with E-state index in [9.17, 15) is 22.4 Å². The van der Waals surface area contributed by atoms with Gasteiger partial charge in [-0.25, -0.2) is 9.18 Å². The Bertz CT molecular complexity index is 496. The molecule has 112 valence electrons. The standard InChI is InChI=1S/C11H11ClF4N2O2/c1-18(5-8(19)11(14,15)16)10(20)17-7-4-2-3-6(12)9(7)13/h2-4,8,19H,5H2,1H3,(H,17,20). The average Bonchev–Trinajstić information content (AvgIpc) is 2.33. The van der Waals surface area contributed by atoms with Gasteiger partial charge in [-0.15, -0.1) is 0 Å². The largest absolute Gasteiger partial charge is 0.416 e. The topological polar surface area (TPSA) is 52.6 Å². The van der Waals surface area contributed by atoms with Gasteiger partial charge in [-0.05, 0) is 12.1 Å². The first kappa shape index (κ1) is 16.5. The van der Waals surface area contributed by atoms with Crippen molar-refractivity contribution in [2.24, 2.45) is 0 Å². The summed E-state index contributed by atoms with van der Waals surface area (Å²) in [6.45, 7) is -0.975. The van der Waals surface area contributed by atoms with Crippen molar-refractivity contribution in [2.45, 2.75) is 12.3 Å². The molecule has 1 aromatic carbocycles. The average molecular weight is 315 g/mol. The summed E-state index contributed by atoms with van der Waals surface area (Å²) in [6, 6.07) is 2.82. The number of alkyl halides is 3. The van der Waals surface area contributed by atoms with Gasteiger partial charge in [0.05, 0.1) is 17.3 Å². The molecule has 0 aliphatic carbocycles. The molecule has 0 bridgehead atoms. The monoisotopic (exact) mass is 314 g/mol. The van der Waals surface area contributed by atoms with E-state index < -0.39 is 30.7 Å². The Morgan fingerprint density at radius 3 is 2.65 bits per heavy atom. The van der Waals surface area contributed by atoms with Crippen molar-refractivity contribution in [3.05, 3.63) is 29.0 Å². The van der Waals surface area contributed by atoms with Gasteiger partial charge in [-0.1, -0.05) is 17.7 Å². The van der Waals surface area contributed by atoms with Crippen molar-refractivity contribution in [2.75, 3.05) is 18.9 Å². The molecule has 1 unspecified atom stereocenters. The van der Waals surface area contributed by atoms with Gasteiger partial charge in [-0.3, -0.25) is 0 Å². The van der Waals surface area contributed by atoms with Crippen LogP contribution in [0.4, 0.5) is 28.0 Å². The van der Waals surface area contributed by atoms with Crippen molar-refractivity contribution >= 4 is 23.3 Å². The van der Waals surface area contributed by atoms with Gasteiger partial charge in [0.25, 0.3) is 0 Å². The van der Waals surface area contributed by atoms with Gasteiger partial charge in [0, 0.05) is 7.05 Å². The number of benzene rings is 1. The lowest BCUT2D eigenvalue weighted by Gasteiger charge is -2.22. The van der Waals surface area contributed by atoms with E-state index in [1.54, 1.807) is 0 Å². The number of hydrogen-bond donors (Lipinski definition) is 2. The summed E-state index contributed by atoms with van der Waals surface area (Å²) in [6.07, 6.45) is -7.52. The van der Waals surface area contributed by atoms with E-state index in [0.717, 1.165) is 7.05 Å². The van der Waals surface area contributed by atoms with E-state index in [1.807, 2.05) is 0 Å². The number of carbonyl (C=O) groups is 1. The van der Waals surface area contributed by atoms with Gasteiger partial charge < -0.3 is 15.3 Å². The van der Waals surface area contributed by atoms with Crippen LogP contribution in [0.25, 0.3) is 0 Å². The molecular formula is C11H11ClF4N2O2. The first-order chi connectivity index (χ1) is 9.12. The number of likely N-dealkylation sites (N-methyl/N-ethyl adjacent to an activating group) is 1. The summed E-state index contributed by atoms with van der Waals surface area (Å²) in [5.41, 5.74) is -0.268. The zero-order valence-corrected chi connectivity index (χ0v) is 11.0. The summed E-state index contributed by atoms with van der Waals surface area (Å²) in [5.74, 6) is -0.896. The maximum absolute atomic E-state index is 13.5. The molecule has 20 heavy (non-hydrogen) atoms. The van der Waals surface area contributed by atoms with E-state index in [2.05, 4.69) is 5.32 Å². The Morgan fingerprint density at radius 2 is 2.10 bits per heavy atom. The molecule has 0 saturated carbocycles.